The van der Waals surface area contributed by atoms with Crippen molar-refractivity contribution in [3.05, 3.63) is 59.4 Å². The molecular formula is C21H22F3N3O. The van der Waals surface area contributed by atoms with Gasteiger partial charge in [-0.1, -0.05) is 6.07 Å². The van der Waals surface area contributed by atoms with Crippen LogP contribution in [0.3, 0.4) is 0 Å². The summed E-state index contributed by atoms with van der Waals surface area (Å²) < 4.78 is 40.1. The molecule has 1 aromatic carbocycles. The Morgan fingerprint density at radius 1 is 1.36 bits per heavy atom. The third-order valence-electron chi connectivity index (χ3n) is 5.44. The molecule has 0 aliphatic heterocycles. The number of hydrogen-bond donors (Lipinski definition) is 1. The van der Waals surface area contributed by atoms with Gasteiger partial charge in [0.15, 0.2) is 0 Å². The Hall–Kier alpha value is -2.59. The van der Waals surface area contributed by atoms with Crippen molar-refractivity contribution >= 4 is 5.69 Å². The number of aromatic nitrogens is 1. The molecule has 4 nitrogen and oxygen atoms in total. The summed E-state index contributed by atoms with van der Waals surface area (Å²) in [6.07, 6.45) is 1.22. The molecule has 0 bridgehead atoms. The highest BCUT2D eigenvalue weighted by molar-refractivity contribution is 5.55. The number of aliphatic hydroxyl groups is 1. The molecule has 2 aromatic rings. The SMILES string of the molecule is CCN(c1ccc(C#N)c(C(F)(F)F)c1)C1CCCC(O)(c2cccnc2)C1. The van der Waals surface area contributed by atoms with Gasteiger partial charge >= 0.3 is 6.18 Å². The highest BCUT2D eigenvalue weighted by atomic mass is 19.4. The second-order valence-electron chi connectivity index (χ2n) is 7.15. The normalized spacial score (nSPS) is 22.5. The Kier molecular flexibility index (Phi) is 5.61. The summed E-state index contributed by atoms with van der Waals surface area (Å²) in [5, 5.41) is 20.2. The average Bonchev–Trinajstić information content (AvgIpc) is 2.69. The molecule has 7 heteroatoms. The van der Waals surface area contributed by atoms with E-state index >= 15 is 0 Å². The Balaban J connectivity index is 1.92. The third kappa shape index (κ3) is 3.97. The number of benzene rings is 1. The Bertz CT molecular complexity index is 863. The zero-order valence-corrected chi connectivity index (χ0v) is 15.6. The van der Waals surface area contributed by atoms with Crippen LogP contribution >= 0.6 is 0 Å². The van der Waals surface area contributed by atoms with Crippen molar-refractivity contribution in [2.45, 2.75) is 50.4 Å². The maximum atomic E-state index is 13.4. The van der Waals surface area contributed by atoms with E-state index in [0.29, 0.717) is 25.1 Å². The second-order valence-corrected chi connectivity index (χ2v) is 7.15. The molecule has 1 aromatic heterocycles. The highest BCUT2D eigenvalue weighted by Crippen LogP contribution is 2.41. The first kappa shape index (κ1) is 20.2. The number of pyridine rings is 1. The lowest BCUT2D eigenvalue weighted by atomic mass is 9.77. The molecule has 1 saturated carbocycles. The molecule has 1 aliphatic carbocycles. The van der Waals surface area contributed by atoms with Crippen LogP contribution in [0, 0.1) is 11.3 Å². The first-order chi connectivity index (χ1) is 13.3. The van der Waals surface area contributed by atoms with Gasteiger partial charge < -0.3 is 10.0 Å². The summed E-state index contributed by atoms with van der Waals surface area (Å²) in [5.74, 6) is 0. The number of hydrogen-bond acceptors (Lipinski definition) is 4. The van der Waals surface area contributed by atoms with Crippen LogP contribution in [0.15, 0.2) is 42.7 Å². The lowest BCUT2D eigenvalue weighted by Gasteiger charge is -2.43. The van der Waals surface area contributed by atoms with Gasteiger partial charge in [0.25, 0.3) is 0 Å². The van der Waals surface area contributed by atoms with Crippen LogP contribution in [0.2, 0.25) is 0 Å². The highest BCUT2D eigenvalue weighted by Gasteiger charge is 2.39. The van der Waals surface area contributed by atoms with Crippen molar-refractivity contribution in [3.63, 3.8) is 0 Å². The molecule has 1 aliphatic rings. The average molecular weight is 389 g/mol. The quantitative estimate of drug-likeness (QED) is 0.828. The minimum Gasteiger partial charge on any atom is -0.385 e. The van der Waals surface area contributed by atoms with E-state index in [0.717, 1.165) is 24.5 Å². The number of nitriles is 1. The fourth-order valence-electron chi connectivity index (χ4n) is 4.08. The molecule has 1 heterocycles. The molecule has 3 rings (SSSR count). The van der Waals surface area contributed by atoms with E-state index in [-0.39, 0.29) is 11.6 Å². The molecule has 1 N–H and O–H groups in total. The van der Waals surface area contributed by atoms with Crippen LogP contribution in [0.4, 0.5) is 18.9 Å². The lowest BCUT2D eigenvalue weighted by molar-refractivity contribution is -0.137. The molecule has 0 amide bonds. The fraction of sp³-hybridized carbons (Fsp3) is 0.429. The largest absolute Gasteiger partial charge is 0.417 e. The van der Waals surface area contributed by atoms with E-state index < -0.39 is 17.3 Å². The standard InChI is InChI=1S/C21H22F3N3O/c1-2-27(17-8-7-15(13-25)19(11-17)21(22,23)24)18-6-3-9-20(28,12-18)16-5-4-10-26-14-16/h4-5,7-8,10-11,14,18,28H,2-3,6,9,12H2,1H3. The van der Waals surface area contributed by atoms with Crippen LogP contribution in [-0.2, 0) is 11.8 Å². The summed E-state index contributed by atoms with van der Waals surface area (Å²) in [6.45, 7) is 2.38. The molecule has 2 atom stereocenters. The van der Waals surface area contributed by atoms with Crippen LogP contribution in [0.5, 0.6) is 0 Å². The Morgan fingerprint density at radius 2 is 2.14 bits per heavy atom. The zero-order chi connectivity index (χ0) is 20.4. The van der Waals surface area contributed by atoms with Gasteiger partial charge in [-0.2, -0.15) is 18.4 Å². The maximum Gasteiger partial charge on any atom is 0.417 e. The number of alkyl halides is 3. The van der Waals surface area contributed by atoms with Crippen LogP contribution in [0.25, 0.3) is 0 Å². The van der Waals surface area contributed by atoms with Crippen molar-refractivity contribution in [1.29, 1.82) is 5.26 Å². The Morgan fingerprint density at radius 3 is 2.75 bits per heavy atom. The van der Waals surface area contributed by atoms with E-state index in [9.17, 15) is 18.3 Å². The fourth-order valence-corrected chi connectivity index (χ4v) is 4.08. The van der Waals surface area contributed by atoms with Gasteiger partial charge in [-0.15, -0.1) is 0 Å². The van der Waals surface area contributed by atoms with Gasteiger partial charge in [0, 0.05) is 42.7 Å². The first-order valence-electron chi connectivity index (χ1n) is 9.29. The van der Waals surface area contributed by atoms with Crippen molar-refractivity contribution in [2.24, 2.45) is 0 Å². The monoisotopic (exact) mass is 389 g/mol. The van der Waals surface area contributed by atoms with E-state index in [1.165, 1.54) is 6.07 Å². The lowest BCUT2D eigenvalue weighted by Crippen LogP contribution is -2.45. The predicted octanol–water partition coefficient (Wildman–Crippen LogP) is 4.63. The number of nitrogens with zero attached hydrogens (tertiary/aromatic N) is 3. The van der Waals surface area contributed by atoms with Gasteiger partial charge in [0.2, 0.25) is 0 Å². The smallest absolute Gasteiger partial charge is 0.385 e. The molecule has 2 unspecified atom stereocenters. The summed E-state index contributed by atoms with van der Waals surface area (Å²) in [6, 6.07) is 8.91. The van der Waals surface area contributed by atoms with Gasteiger partial charge in [-0.3, -0.25) is 4.98 Å². The topological polar surface area (TPSA) is 60.2 Å². The summed E-state index contributed by atoms with van der Waals surface area (Å²) in [4.78, 5) is 5.97. The van der Waals surface area contributed by atoms with Crippen molar-refractivity contribution < 1.29 is 18.3 Å². The summed E-state index contributed by atoms with van der Waals surface area (Å²) in [5.41, 5.74) is -1.22. The van der Waals surface area contributed by atoms with Gasteiger partial charge in [0.05, 0.1) is 22.8 Å². The minimum absolute atomic E-state index is 0.113. The van der Waals surface area contributed by atoms with Gasteiger partial charge in [0.1, 0.15) is 0 Å². The van der Waals surface area contributed by atoms with E-state index in [4.69, 9.17) is 5.26 Å². The number of halogens is 3. The summed E-state index contributed by atoms with van der Waals surface area (Å²) >= 11 is 0. The molecule has 148 valence electrons. The van der Waals surface area contributed by atoms with Gasteiger partial charge in [-0.05, 0) is 50.5 Å². The van der Waals surface area contributed by atoms with Crippen LogP contribution < -0.4 is 4.90 Å². The predicted molar refractivity (Wildman–Crippen MR) is 99.6 cm³/mol. The Labute approximate surface area is 162 Å². The van der Waals surface area contributed by atoms with Crippen molar-refractivity contribution in [1.82, 2.24) is 4.98 Å². The molecule has 1 fully saturated rings. The first-order valence-corrected chi connectivity index (χ1v) is 9.29. The van der Waals surface area contributed by atoms with E-state index in [2.05, 4.69) is 4.98 Å². The maximum absolute atomic E-state index is 13.4. The zero-order valence-electron chi connectivity index (χ0n) is 15.6. The molecule has 0 saturated heterocycles. The summed E-state index contributed by atoms with van der Waals surface area (Å²) in [7, 11) is 0. The van der Waals surface area contributed by atoms with Gasteiger partial charge in [-0.25, -0.2) is 0 Å². The molecule has 0 radical (unpaired) electrons. The minimum atomic E-state index is -4.59. The number of anilines is 1. The van der Waals surface area contributed by atoms with E-state index in [1.807, 2.05) is 17.9 Å². The molecule has 0 spiro atoms. The molecule has 28 heavy (non-hydrogen) atoms. The number of rotatable bonds is 4. The van der Waals surface area contributed by atoms with Crippen LogP contribution in [0.1, 0.15) is 49.3 Å². The van der Waals surface area contributed by atoms with E-state index in [1.54, 1.807) is 30.6 Å². The molecular weight excluding hydrogens is 367 g/mol. The third-order valence-corrected chi connectivity index (χ3v) is 5.44. The van der Waals surface area contributed by atoms with Crippen LogP contribution in [-0.4, -0.2) is 22.7 Å². The van der Waals surface area contributed by atoms with Crippen molar-refractivity contribution in [2.75, 3.05) is 11.4 Å². The second kappa shape index (κ2) is 7.80. The van der Waals surface area contributed by atoms with Crippen molar-refractivity contribution in [3.8, 4) is 6.07 Å².